The van der Waals surface area contributed by atoms with E-state index in [1.165, 1.54) is 7.11 Å². The molecule has 0 saturated heterocycles. The normalized spacial score (nSPS) is 9.69. The number of amidine groups is 1. The number of nitrogens with two attached hydrogens (primary N) is 1. The smallest absolute Gasteiger partial charge is 0.129 e. The highest BCUT2D eigenvalue weighted by atomic mass is 16.5. The van der Waals surface area contributed by atoms with Crippen molar-refractivity contribution in [2.24, 2.45) is 5.73 Å². The summed E-state index contributed by atoms with van der Waals surface area (Å²) in [6.07, 6.45) is 0. The van der Waals surface area contributed by atoms with Gasteiger partial charge in [0.2, 0.25) is 0 Å². The van der Waals surface area contributed by atoms with E-state index in [4.69, 9.17) is 21.0 Å². The van der Waals surface area contributed by atoms with E-state index in [0.717, 1.165) is 0 Å². The Morgan fingerprint density at radius 2 is 2.31 bits per heavy atom. The van der Waals surface area contributed by atoms with Gasteiger partial charge in [0.25, 0.3) is 0 Å². The van der Waals surface area contributed by atoms with Gasteiger partial charge in [-0.3, -0.25) is 5.41 Å². The maximum Gasteiger partial charge on any atom is 0.129 e. The van der Waals surface area contributed by atoms with Gasteiger partial charge in [0, 0.05) is 0 Å². The zero-order valence-corrected chi connectivity index (χ0v) is 7.37. The fourth-order valence-electron chi connectivity index (χ4n) is 1.06. The van der Waals surface area contributed by atoms with E-state index >= 15 is 0 Å². The zero-order valence-electron chi connectivity index (χ0n) is 7.37. The molecule has 0 fully saturated rings. The Morgan fingerprint density at radius 3 is 2.77 bits per heavy atom. The molecule has 0 aliphatic heterocycles. The van der Waals surface area contributed by atoms with Crippen LogP contribution in [0.5, 0.6) is 5.75 Å². The number of aliphatic hydroxyl groups excluding tert-OH is 1. The van der Waals surface area contributed by atoms with Crippen molar-refractivity contribution in [1.29, 1.82) is 5.41 Å². The molecule has 0 aliphatic carbocycles. The average Bonchev–Trinajstić information content (AvgIpc) is 2.16. The molecule has 0 radical (unpaired) electrons. The van der Waals surface area contributed by atoms with E-state index in [9.17, 15) is 0 Å². The molecule has 0 bridgehead atoms. The van der Waals surface area contributed by atoms with Crippen molar-refractivity contribution < 1.29 is 9.84 Å². The van der Waals surface area contributed by atoms with Crippen LogP contribution < -0.4 is 10.5 Å². The third-order valence-electron chi connectivity index (χ3n) is 1.74. The van der Waals surface area contributed by atoms with Crippen LogP contribution in [0.25, 0.3) is 0 Å². The molecule has 4 heteroatoms. The maximum atomic E-state index is 8.86. The Bertz CT molecular complexity index is 323. The summed E-state index contributed by atoms with van der Waals surface area (Å²) in [4.78, 5) is 0. The van der Waals surface area contributed by atoms with Gasteiger partial charge in [0.15, 0.2) is 0 Å². The molecule has 13 heavy (non-hydrogen) atoms. The molecular weight excluding hydrogens is 168 g/mol. The molecule has 1 aromatic carbocycles. The lowest BCUT2D eigenvalue weighted by Crippen LogP contribution is -2.13. The van der Waals surface area contributed by atoms with Gasteiger partial charge < -0.3 is 15.6 Å². The van der Waals surface area contributed by atoms with E-state index in [1.807, 2.05) is 0 Å². The molecule has 4 N–H and O–H groups in total. The van der Waals surface area contributed by atoms with Crippen LogP contribution in [0, 0.1) is 5.41 Å². The van der Waals surface area contributed by atoms with Crippen LogP contribution in [0.2, 0.25) is 0 Å². The number of nitrogen functional groups attached to an aromatic ring is 1. The lowest BCUT2D eigenvalue weighted by atomic mass is 10.1. The van der Waals surface area contributed by atoms with Gasteiger partial charge in [0.05, 0.1) is 19.3 Å². The van der Waals surface area contributed by atoms with E-state index in [0.29, 0.717) is 16.9 Å². The molecule has 70 valence electrons. The summed E-state index contributed by atoms with van der Waals surface area (Å²) in [6, 6.07) is 5.05. The number of hydrogen-bond acceptors (Lipinski definition) is 3. The minimum atomic E-state index is -0.0652. The number of benzene rings is 1. The molecule has 0 unspecified atom stereocenters. The Hall–Kier alpha value is -1.55. The highest BCUT2D eigenvalue weighted by Gasteiger charge is 2.06. The number of hydrogen-bond donors (Lipinski definition) is 3. The molecule has 0 amide bonds. The molecule has 1 aromatic rings. The first-order valence-electron chi connectivity index (χ1n) is 3.81. The largest absolute Gasteiger partial charge is 0.496 e. The van der Waals surface area contributed by atoms with Gasteiger partial charge in [0.1, 0.15) is 11.6 Å². The van der Waals surface area contributed by atoms with Crippen LogP contribution in [0.15, 0.2) is 18.2 Å². The minimum Gasteiger partial charge on any atom is -0.496 e. The van der Waals surface area contributed by atoms with Gasteiger partial charge in [-0.05, 0) is 17.7 Å². The molecule has 0 aliphatic rings. The summed E-state index contributed by atoms with van der Waals surface area (Å²) in [7, 11) is 1.51. The lowest BCUT2D eigenvalue weighted by molar-refractivity contribution is 0.281. The second kappa shape index (κ2) is 3.91. The highest BCUT2D eigenvalue weighted by molar-refractivity contribution is 5.97. The molecule has 0 atom stereocenters. The van der Waals surface area contributed by atoms with Crippen molar-refractivity contribution in [2.75, 3.05) is 7.11 Å². The van der Waals surface area contributed by atoms with Gasteiger partial charge in [-0.15, -0.1) is 0 Å². The third kappa shape index (κ3) is 1.97. The molecule has 0 heterocycles. The second-order valence-electron chi connectivity index (χ2n) is 2.61. The zero-order chi connectivity index (χ0) is 9.84. The first kappa shape index (κ1) is 9.54. The van der Waals surface area contributed by atoms with Crippen molar-refractivity contribution in [3.05, 3.63) is 29.3 Å². The van der Waals surface area contributed by atoms with E-state index in [2.05, 4.69) is 0 Å². The van der Waals surface area contributed by atoms with Gasteiger partial charge in [-0.25, -0.2) is 0 Å². The van der Waals surface area contributed by atoms with Crippen LogP contribution in [-0.2, 0) is 6.61 Å². The van der Waals surface area contributed by atoms with Crippen LogP contribution in [-0.4, -0.2) is 18.1 Å². The Morgan fingerprint density at radius 1 is 1.62 bits per heavy atom. The summed E-state index contributed by atoms with van der Waals surface area (Å²) in [5.74, 6) is 0.483. The van der Waals surface area contributed by atoms with Gasteiger partial charge in [-0.1, -0.05) is 6.07 Å². The number of methoxy groups -OCH3 is 1. The van der Waals surface area contributed by atoms with Crippen LogP contribution >= 0.6 is 0 Å². The average molecular weight is 180 g/mol. The Kier molecular flexibility index (Phi) is 2.87. The minimum absolute atomic E-state index is 0.0628. The fraction of sp³-hybridized carbons (Fsp3) is 0.222. The Labute approximate surface area is 76.5 Å². The monoisotopic (exact) mass is 180 g/mol. The van der Waals surface area contributed by atoms with Crippen molar-refractivity contribution >= 4 is 5.84 Å². The molecule has 0 spiro atoms. The topological polar surface area (TPSA) is 79.3 Å². The van der Waals surface area contributed by atoms with Crippen molar-refractivity contribution in [3.63, 3.8) is 0 Å². The second-order valence-corrected chi connectivity index (χ2v) is 2.61. The number of rotatable bonds is 3. The molecule has 1 rings (SSSR count). The van der Waals surface area contributed by atoms with Crippen LogP contribution in [0.3, 0.4) is 0 Å². The van der Waals surface area contributed by atoms with Crippen molar-refractivity contribution in [3.8, 4) is 5.75 Å². The summed E-state index contributed by atoms with van der Waals surface area (Å²) in [5.41, 5.74) is 6.56. The van der Waals surface area contributed by atoms with E-state index < -0.39 is 0 Å². The molecule has 4 nitrogen and oxygen atoms in total. The lowest BCUT2D eigenvalue weighted by Gasteiger charge is -2.07. The van der Waals surface area contributed by atoms with E-state index in [-0.39, 0.29) is 12.4 Å². The molecule has 0 aromatic heterocycles. The summed E-state index contributed by atoms with van der Waals surface area (Å²) >= 11 is 0. The Balaban J connectivity index is 3.18. The molecule has 0 saturated carbocycles. The molecular formula is C9H12N2O2. The van der Waals surface area contributed by atoms with Gasteiger partial charge in [-0.2, -0.15) is 0 Å². The quantitative estimate of drug-likeness (QED) is 0.467. The van der Waals surface area contributed by atoms with Crippen LogP contribution in [0.4, 0.5) is 0 Å². The van der Waals surface area contributed by atoms with Crippen molar-refractivity contribution in [2.45, 2.75) is 6.61 Å². The van der Waals surface area contributed by atoms with Gasteiger partial charge >= 0.3 is 0 Å². The standard InChI is InChI=1S/C9H12N2O2/c1-13-8-3-2-6(5-12)4-7(8)9(10)11/h2-4,12H,5H2,1H3,(H3,10,11). The predicted molar refractivity (Wildman–Crippen MR) is 49.9 cm³/mol. The first-order valence-corrected chi connectivity index (χ1v) is 3.81. The van der Waals surface area contributed by atoms with Crippen molar-refractivity contribution in [1.82, 2.24) is 0 Å². The maximum absolute atomic E-state index is 8.86. The van der Waals surface area contributed by atoms with E-state index in [1.54, 1.807) is 18.2 Å². The highest BCUT2D eigenvalue weighted by Crippen LogP contribution is 2.18. The predicted octanol–water partition coefficient (Wildman–Crippen LogP) is 0.472. The SMILES string of the molecule is COc1ccc(CO)cc1C(=N)N. The summed E-state index contributed by atoms with van der Waals surface area (Å²) in [6.45, 7) is -0.0652. The summed E-state index contributed by atoms with van der Waals surface area (Å²) in [5, 5.41) is 16.1. The number of aliphatic hydroxyl groups is 1. The first-order chi connectivity index (χ1) is 6.19. The summed E-state index contributed by atoms with van der Waals surface area (Å²) < 4.78 is 5.00. The number of nitrogens with one attached hydrogen (secondary N) is 1. The fourth-order valence-corrected chi connectivity index (χ4v) is 1.06. The van der Waals surface area contributed by atoms with Crippen LogP contribution in [0.1, 0.15) is 11.1 Å². The number of ether oxygens (including phenoxy) is 1. The third-order valence-corrected chi connectivity index (χ3v) is 1.74.